The number of rotatable bonds is 13. The minimum Gasteiger partial charge on any atom is -0.462 e. The largest absolute Gasteiger partial charge is 0.462 e. The molecule has 7 rings (SSSR count). The fourth-order valence-corrected chi connectivity index (χ4v) is 6.75. The van der Waals surface area contributed by atoms with Crippen molar-refractivity contribution in [3.63, 3.8) is 0 Å². The van der Waals surface area contributed by atoms with E-state index in [4.69, 9.17) is 20.1 Å². The molecule has 0 aliphatic heterocycles. The highest BCUT2D eigenvalue weighted by Crippen LogP contribution is 2.40. The van der Waals surface area contributed by atoms with Gasteiger partial charge in [-0.25, -0.2) is 4.79 Å². The number of carbonyl (C=O) groups is 1. The molecule has 8 nitrogen and oxygen atoms in total. The molecule has 254 valence electrons. The Hall–Kier alpha value is -6.15. The predicted octanol–water partition coefficient (Wildman–Crippen LogP) is 8.61. The lowest BCUT2D eigenvalue weighted by atomic mass is 9.77. The van der Waals surface area contributed by atoms with Crippen molar-refractivity contribution >= 4 is 5.97 Å². The first kappa shape index (κ1) is 33.4. The van der Waals surface area contributed by atoms with E-state index in [0.717, 1.165) is 64.0 Å². The zero-order valence-electron chi connectivity index (χ0n) is 28.9. The van der Waals surface area contributed by atoms with Crippen LogP contribution in [0.15, 0.2) is 146 Å². The van der Waals surface area contributed by atoms with E-state index in [1.165, 1.54) is 0 Å². The zero-order chi connectivity index (χ0) is 35.0. The molecule has 51 heavy (non-hydrogen) atoms. The highest BCUT2D eigenvalue weighted by molar-refractivity contribution is 5.90. The number of hydrogen-bond acceptors (Lipinski definition) is 6. The first-order valence-corrected chi connectivity index (χ1v) is 17.5. The summed E-state index contributed by atoms with van der Waals surface area (Å²) in [7, 11) is 0. The topological polar surface area (TPSA) is 87.7 Å². The molecule has 0 N–H and O–H groups in total. The number of hydrogen-bond donors (Lipinski definition) is 0. The summed E-state index contributed by atoms with van der Waals surface area (Å²) in [5.41, 5.74) is 7.57. The summed E-state index contributed by atoms with van der Waals surface area (Å²) in [6.07, 6.45) is 4.22. The molecule has 0 unspecified atom stereocenters. The van der Waals surface area contributed by atoms with Gasteiger partial charge in [-0.15, -0.1) is 15.0 Å². The lowest BCUT2D eigenvalue weighted by molar-refractivity contribution is 0.0525. The van der Waals surface area contributed by atoms with Crippen molar-refractivity contribution in [1.29, 1.82) is 0 Å². The van der Waals surface area contributed by atoms with Gasteiger partial charge in [0.15, 0.2) is 5.54 Å². The van der Waals surface area contributed by atoms with Gasteiger partial charge in [-0.05, 0) is 51.9 Å². The van der Waals surface area contributed by atoms with Crippen LogP contribution in [0.4, 0.5) is 0 Å². The molecule has 0 aliphatic rings. The van der Waals surface area contributed by atoms with E-state index in [9.17, 15) is 4.79 Å². The molecule has 5 aromatic carbocycles. The smallest absolute Gasteiger partial charge is 0.341 e. The summed E-state index contributed by atoms with van der Waals surface area (Å²) in [6.45, 7) is 5.04. The molecule has 0 atom stereocenters. The van der Waals surface area contributed by atoms with Gasteiger partial charge in [0.2, 0.25) is 5.82 Å². The molecule has 2 heterocycles. The number of carbonyl (C=O) groups excluding carboxylic acids is 1. The van der Waals surface area contributed by atoms with E-state index in [0.29, 0.717) is 24.4 Å². The number of unbranched alkanes of at least 4 members (excludes halogenated alkanes) is 1. The second kappa shape index (κ2) is 15.2. The third-order valence-electron chi connectivity index (χ3n) is 9.26. The van der Waals surface area contributed by atoms with Gasteiger partial charge in [-0.1, -0.05) is 153 Å². The van der Waals surface area contributed by atoms with Crippen molar-refractivity contribution < 1.29 is 9.53 Å². The Morgan fingerprint density at radius 2 is 1.27 bits per heavy atom. The maximum Gasteiger partial charge on any atom is 0.341 e. The summed E-state index contributed by atoms with van der Waals surface area (Å²) in [5, 5.41) is 19.2. The molecule has 0 saturated heterocycles. The molecule has 8 heteroatoms. The monoisotopic (exact) mass is 672 g/mol. The van der Waals surface area contributed by atoms with Crippen molar-refractivity contribution in [2.45, 2.75) is 45.2 Å². The number of tetrazole rings is 1. The van der Waals surface area contributed by atoms with Crippen molar-refractivity contribution in [3.05, 3.63) is 179 Å². The molecule has 0 radical (unpaired) electrons. The molecule has 2 aromatic heterocycles. The Morgan fingerprint density at radius 3 is 1.84 bits per heavy atom. The minimum atomic E-state index is -0.863. The van der Waals surface area contributed by atoms with Crippen LogP contribution in [-0.4, -0.2) is 42.6 Å². The average molecular weight is 673 g/mol. The van der Waals surface area contributed by atoms with E-state index < -0.39 is 5.54 Å². The van der Waals surface area contributed by atoms with E-state index in [2.05, 4.69) is 78.8 Å². The first-order chi connectivity index (χ1) is 25.1. The van der Waals surface area contributed by atoms with Crippen molar-refractivity contribution in [2.24, 2.45) is 0 Å². The van der Waals surface area contributed by atoms with Crippen LogP contribution in [0.2, 0.25) is 0 Å². The van der Waals surface area contributed by atoms with Crippen molar-refractivity contribution in [3.8, 4) is 22.5 Å². The summed E-state index contributed by atoms with van der Waals surface area (Å²) < 4.78 is 7.28. The van der Waals surface area contributed by atoms with E-state index >= 15 is 0 Å². The Balaban J connectivity index is 1.26. The van der Waals surface area contributed by atoms with E-state index in [-0.39, 0.29) is 5.97 Å². The number of nitrogens with zero attached hydrogens (tertiary/aromatic N) is 6. The van der Waals surface area contributed by atoms with E-state index in [1.54, 1.807) is 11.0 Å². The molecule has 7 aromatic rings. The summed E-state index contributed by atoms with van der Waals surface area (Å²) in [4.78, 5) is 14.5. The molecule has 0 spiro atoms. The van der Waals surface area contributed by atoms with Gasteiger partial charge in [0.25, 0.3) is 0 Å². The molecule has 0 saturated carbocycles. The number of ether oxygens (including phenoxy) is 1. The van der Waals surface area contributed by atoms with Gasteiger partial charge in [0.1, 0.15) is 5.56 Å². The third-order valence-corrected chi connectivity index (χ3v) is 9.26. The van der Waals surface area contributed by atoms with Crippen LogP contribution in [-0.2, 0) is 23.2 Å². The van der Waals surface area contributed by atoms with Crippen molar-refractivity contribution in [1.82, 2.24) is 30.0 Å². The number of aromatic nitrogens is 6. The standard InChI is InChI=1S/C43H40N6O2/c1-3-5-29-48-40(39(31-44-48)42(50)51-4-2)30-32-25-27-33(28-26-32)37-23-15-16-24-38(37)41-45-47-49(46-41)43(34-17-9-6-10-18-34,35-19-11-7-12-20-35)36-21-13-8-14-22-36/h6-28,31H,3-5,29-30H2,1-2H3. The SMILES string of the molecule is CCCCn1ncc(C(=O)OCC)c1Cc1ccc(-c2ccccc2-c2nnn(C(c3ccccc3)(c3ccccc3)c3ccccc3)n2)cc1. The summed E-state index contributed by atoms with van der Waals surface area (Å²) in [6, 6.07) is 47.6. The van der Waals surface area contributed by atoms with Gasteiger partial charge in [-0.2, -0.15) is 5.10 Å². The number of aryl methyl sites for hydroxylation is 1. The van der Waals surface area contributed by atoms with Crippen LogP contribution in [0.5, 0.6) is 0 Å². The zero-order valence-corrected chi connectivity index (χ0v) is 28.9. The van der Waals surface area contributed by atoms with Crippen LogP contribution < -0.4 is 0 Å². The number of benzene rings is 5. The molecular weight excluding hydrogens is 633 g/mol. The normalized spacial score (nSPS) is 11.4. The molecule has 0 bridgehead atoms. The van der Waals surface area contributed by atoms with Crippen LogP contribution in [0.25, 0.3) is 22.5 Å². The molecule has 0 amide bonds. The molecular formula is C43H40N6O2. The minimum absolute atomic E-state index is 0.320. The molecule has 0 aliphatic carbocycles. The second-order valence-corrected chi connectivity index (χ2v) is 12.4. The Bertz CT molecular complexity index is 2100. The van der Waals surface area contributed by atoms with Crippen LogP contribution in [0.3, 0.4) is 0 Å². The Morgan fingerprint density at radius 1 is 0.706 bits per heavy atom. The van der Waals surface area contributed by atoms with E-state index in [1.807, 2.05) is 84.4 Å². The fraction of sp³-hybridized carbons (Fsp3) is 0.186. The van der Waals surface area contributed by atoms with Crippen LogP contribution >= 0.6 is 0 Å². The maximum absolute atomic E-state index is 12.8. The van der Waals surface area contributed by atoms with Crippen LogP contribution in [0, 0.1) is 0 Å². The van der Waals surface area contributed by atoms with Gasteiger partial charge in [0, 0.05) is 18.5 Å². The Labute approximate surface area is 298 Å². The lowest BCUT2D eigenvalue weighted by Crippen LogP contribution is -2.39. The van der Waals surface area contributed by atoms with Gasteiger partial charge >= 0.3 is 5.97 Å². The highest BCUT2D eigenvalue weighted by Gasteiger charge is 2.41. The lowest BCUT2D eigenvalue weighted by Gasteiger charge is -2.34. The first-order valence-electron chi connectivity index (χ1n) is 17.5. The fourth-order valence-electron chi connectivity index (χ4n) is 6.75. The number of esters is 1. The highest BCUT2D eigenvalue weighted by atomic mass is 16.5. The molecule has 0 fully saturated rings. The maximum atomic E-state index is 12.8. The third kappa shape index (κ3) is 6.60. The van der Waals surface area contributed by atoms with Crippen molar-refractivity contribution in [2.75, 3.05) is 6.61 Å². The second-order valence-electron chi connectivity index (χ2n) is 12.4. The van der Waals surface area contributed by atoms with Crippen LogP contribution in [0.1, 0.15) is 65.0 Å². The van der Waals surface area contributed by atoms with Gasteiger partial charge in [0.05, 0.1) is 18.5 Å². The van der Waals surface area contributed by atoms with Gasteiger partial charge < -0.3 is 4.74 Å². The Kier molecular flexibility index (Phi) is 9.92. The average Bonchev–Trinajstić information content (AvgIpc) is 3.84. The quantitative estimate of drug-likeness (QED) is 0.0901. The summed E-state index contributed by atoms with van der Waals surface area (Å²) in [5.74, 6) is 0.193. The summed E-state index contributed by atoms with van der Waals surface area (Å²) >= 11 is 0. The predicted molar refractivity (Wildman–Crippen MR) is 199 cm³/mol. The van der Waals surface area contributed by atoms with Gasteiger partial charge in [-0.3, -0.25) is 4.68 Å².